The second-order valence-corrected chi connectivity index (χ2v) is 4.80. The first-order valence-electron chi connectivity index (χ1n) is 6.84. The maximum absolute atomic E-state index is 12.0. The van der Waals surface area contributed by atoms with Crippen LogP contribution in [0.5, 0.6) is 0 Å². The molecule has 3 N–H and O–H groups in total. The monoisotopic (exact) mass is 282 g/mol. The van der Waals surface area contributed by atoms with E-state index in [1.54, 1.807) is 24.3 Å². The second-order valence-electron chi connectivity index (χ2n) is 4.80. The van der Waals surface area contributed by atoms with Gasteiger partial charge in [0.25, 0.3) is 0 Å². The molecule has 1 atom stereocenters. The van der Waals surface area contributed by atoms with Crippen LogP contribution < -0.4 is 11.1 Å². The largest absolute Gasteiger partial charge is 0.368 e. The van der Waals surface area contributed by atoms with Crippen LogP contribution in [0.15, 0.2) is 60.7 Å². The molecule has 0 bridgehead atoms. The smallest absolute Gasteiger partial charge is 0.244 e. The molecular formula is C17H18N2O2. The fraction of sp³-hybridized carbons (Fsp3) is 0.176. The van der Waals surface area contributed by atoms with E-state index in [0.29, 0.717) is 18.4 Å². The van der Waals surface area contributed by atoms with Crippen molar-refractivity contribution < 1.29 is 9.59 Å². The molecule has 4 heteroatoms. The molecule has 0 spiro atoms. The van der Waals surface area contributed by atoms with Crippen LogP contribution in [0.25, 0.3) is 0 Å². The summed E-state index contributed by atoms with van der Waals surface area (Å²) in [5.41, 5.74) is 7.15. The summed E-state index contributed by atoms with van der Waals surface area (Å²) in [6.07, 6.45) is 0.952. The molecule has 2 aromatic rings. The number of hydrogen-bond acceptors (Lipinski definition) is 2. The zero-order chi connectivity index (χ0) is 15.1. The van der Waals surface area contributed by atoms with Crippen LogP contribution in [0.1, 0.15) is 23.6 Å². The van der Waals surface area contributed by atoms with Gasteiger partial charge in [0.15, 0.2) is 0 Å². The van der Waals surface area contributed by atoms with Gasteiger partial charge in [-0.15, -0.1) is 0 Å². The Morgan fingerprint density at radius 3 is 2.10 bits per heavy atom. The normalized spacial score (nSPS) is 11.6. The lowest BCUT2D eigenvalue weighted by atomic mass is 10.1. The second kappa shape index (κ2) is 7.24. The topological polar surface area (TPSA) is 72.2 Å². The number of carbonyl (C=O) groups excluding carboxylic acids is 2. The van der Waals surface area contributed by atoms with Crippen LogP contribution in [0.3, 0.4) is 0 Å². The van der Waals surface area contributed by atoms with Crippen molar-refractivity contribution in [3.8, 4) is 0 Å². The van der Waals surface area contributed by atoms with E-state index in [9.17, 15) is 9.59 Å². The summed E-state index contributed by atoms with van der Waals surface area (Å²) in [7, 11) is 0. The van der Waals surface area contributed by atoms with Crippen molar-refractivity contribution >= 4 is 11.8 Å². The summed E-state index contributed by atoms with van der Waals surface area (Å²) in [6, 6.07) is 18.0. The highest BCUT2D eigenvalue weighted by molar-refractivity contribution is 5.87. The predicted molar refractivity (Wildman–Crippen MR) is 81.3 cm³/mol. The molecule has 0 saturated carbocycles. The van der Waals surface area contributed by atoms with Gasteiger partial charge in [-0.2, -0.15) is 0 Å². The van der Waals surface area contributed by atoms with E-state index < -0.39 is 11.9 Å². The lowest BCUT2D eigenvalue weighted by molar-refractivity contribution is -0.127. The fourth-order valence-electron chi connectivity index (χ4n) is 2.10. The number of nitrogens with one attached hydrogen (secondary N) is 1. The molecule has 0 aliphatic carbocycles. The van der Waals surface area contributed by atoms with Gasteiger partial charge in [0.2, 0.25) is 11.8 Å². The quantitative estimate of drug-likeness (QED) is 0.850. The third kappa shape index (κ3) is 4.45. The summed E-state index contributed by atoms with van der Waals surface area (Å²) in [4.78, 5) is 23.5. The standard InChI is InChI=1S/C17H18N2O2/c18-17(21)16(14-9-5-2-6-10-14)19-15(20)12-11-13-7-3-1-4-8-13/h1-10,16H,11-12H2,(H2,18,21)(H,19,20). The van der Waals surface area contributed by atoms with Crippen LogP contribution >= 0.6 is 0 Å². The average Bonchev–Trinajstić information content (AvgIpc) is 2.52. The van der Waals surface area contributed by atoms with E-state index in [2.05, 4.69) is 5.32 Å². The van der Waals surface area contributed by atoms with Crippen LogP contribution in [-0.4, -0.2) is 11.8 Å². The number of benzene rings is 2. The van der Waals surface area contributed by atoms with Crippen molar-refractivity contribution in [2.24, 2.45) is 5.73 Å². The van der Waals surface area contributed by atoms with Gasteiger partial charge in [-0.05, 0) is 17.5 Å². The molecule has 2 rings (SSSR count). The van der Waals surface area contributed by atoms with Gasteiger partial charge >= 0.3 is 0 Å². The summed E-state index contributed by atoms with van der Waals surface area (Å²) in [5, 5.41) is 2.69. The Morgan fingerprint density at radius 1 is 0.952 bits per heavy atom. The van der Waals surface area contributed by atoms with Crippen LogP contribution in [0.2, 0.25) is 0 Å². The summed E-state index contributed by atoms with van der Waals surface area (Å²) < 4.78 is 0. The number of aryl methyl sites for hydroxylation is 1. The van der Waals surface area contributed by atoms with E-state index >= 15 is 0 Å². The molecular weight excluding hydrogens is 264 g/mol. The average molecular weight is 282 g/mol. The molecule has 2 aromatic carbocycles. The Bertz CT molecular complexity index is 597. The van der Waals surface area contributed by atoms with Crippen LogP contribution in [-0.2, 0) is 16.0 Å². The molecule has 2 amide bonds. The minimum absolute atomic E-state index is 0.188. The highest BCUT2D eigenvalue weighted by atomic mass is 16.2. The SMILES string of the molecule is NC(=O)C(NC(=O)CCc1ccccc1)c1ccccc1. The number of hydrogen-bond donors (Lipinski definition) is 2. The number of nitrogens with two attached hydrogens (primary N) is 1. The highest BCUT2D eigenvalue weighted by Crippen LogP contribution is 2.12. The van der Waals surface area contributed by atoms with E-state index in [4.69, 9.17) is 5.73 Å². The maximum Gasteiger partial charge on any atom is 0.244 e. The van der Waals surface area contributed by atoms with Gasteiger partial charge in [0.1, 0.15) is 6.04 Å². The molecule has 0 aliphatic heterocycles. The van der Waals surface area contributed by atoms with Gasteiger partial charge in [0.05, 0.1) is 0 Å². The first-order valence-corrected chi connectivity index (χ1v) is 6.84. The summed E-state index contributed by atoms with van der Waals surface area (Å²) in [5.74, 6) is -0.749. The Balaban J connectivity index is 1.95. The third-order valence-corrected chi connectivity index (χ3v) is 3.21. The lowest BCUT2D eigenvalue weighted by Gasteiger charge is -2.15. The van der Waals surface area contributed by atoms with Crippen LogP contribution in [0.4, 0.5) is 0 Å². The molecule has 0 radical (unpaired) electrons. The molecule has 0 aromatic heterocycles. The third-order valence-electron chi connectivity index (χ3n) is 3.21. The Labute approximate surface area is 124 Å². The van der Waals surface area contributed by atoms with Crippen LogP contribution in [0, 0.1) is 0 Å². The van der Waals surface area contributed by atoms with Crippen molar-refractivity contribution in [1.29, 1.82) is 0 Å². The van der Waals surface area contributed by atoms with Gasteiger partial charge in [-0.25, -0.2) is 0 Å². The van der Waals surface area contributed by atoms with Gasteiger partial charge in [-0.1, -0.05) is 60.7 Å². The maximum atomic E-state index is 12.0. The zero-order valence-electron chi connectivity index (χ0n) is 11.7. The van der Waals surface area contributed by atoms with Crippen molar-refractivity contribution in [1.82, 2.24) is 5.32 Å². The number of amides is 2. The first kappa shape index (κ1) is 14.8. The predicted octanol–water partition coefficient (Wildman–Crippen LogP) is 1.96. The molecule has 0 aliphatic rings. The van der Waals surface area contributed by atoms with Crippen molar-refractivity contribution in [3.05, 3.63) is 71.8 Å². The minimum Gasteiger partial charge on any atom is -0.368 e. The summed E-state index contributed by atoms with van der Waals surface area (Å²) >= 11 is 0. The molecule has 108 valence electrons. The lowest BCUT2D eigenvalue weighted by Crippen LogP contribution is -2.37. The number of primary amides is 1. The molecule has 4 nitrogen and oxygen atoms in total. The molecule has 0 heterocycles. The zero-order valence-corrected chi connectivity index (χ0v) is 11.7. The van der Waals surface area contributed by atoms with E-state index in [1.807, 2.05) is 36.4 Å². The number of rotatable bonds is 6. The van der Waals surface area contributed by atoms with Gasteiger partial charge < -0.3 is 11.1 Å². The molecule has 0 saturated heterocycles. The van der Waals surface area contributed by atoms with E-state index in [0.717, 1.165) is 5.56 Å². The first-order chi connectivity index (χ1) is 10.2. The number of carbonyl (C=O) groups is 2. The van der Waals surface area contributed by atoms with Gasteiger partial charge in [-0.3, -0.25) is 9.59 Å². The van der Waals surface area contributed by atoms with E-state index in [1.165, 1.54) is 0 Å². The highest BCUT2D eigenvalue weighted by Gasteiger charge is 2.19. The van der Waals surface area contributed by atoms with E-state index in [-0.39, 0.29) is 5.91 Å². The molecule has 21 heavy (non-hydrogen) atoms. The van der Waals surface area contributed by atoms with Crippen molar-refractivity contribution in [2.75, 3.05) is 0 Å². The van der Waals surface area contributed by atoms with Crippen molar-refractivity contribution in [3.63, 3.8) is 0 Å². The molecule has 0 fully saturated rings. The molecule has 1 unspecified atom stereocenters. The van der Waals surface area contributed by atoms with Gasteiger partial charge in [0, 0.05) is 6.42 Å². The Morgan fingerprint density at radius 2 is 1.52 bits per heavy atom. The van der Waals surface area contributed by atoms with Crippen molar-refractivity contribution in [2.45, 2.75) is 18.9 Å². The Hall–Kier alpha value is -2.62. The summed E-state index contributed by atoms with van der Waals surface area (Å²) in [6.45, 7) is 0. The Kier molecular flexibility index (Phi) is 5.10. The minimum atomic E-state index is -0.783. The fourth-order valence-corrected chi connectivity index (χ4v) is 2.10.